The summed E-state index contributed by atoms with van der Waals surface area (Å²) < 4.78 is 4.44. The summed E-state index contributed by atoms with van der Waals surface area (Å²) in [5, 5.41) is 0. The van der Waals surface area contributed by atoms with E-state index in [2.05, 4.69) is 16.2 Å². The van der Waals surface area contributed by atoms with Gasteiger partial charge in [0, 0.05) is 0 Å². The minimum atomic E-state index is -0.632. The van der Waals surface area contributed by atoms with Crippen LogP contribution < -0.4 is 0 Å². The Labute approximate surface area is 53.8 Å². The Morgan fingerprint density at radius 2 is 2.44 bits per heavy atom. The van der Waals surface area contributed by atoms with Crippen LogP contribution in [0.2, 0.25) is 0 Å². The molecule has 0 heterocycles. The number of nitrogens with zero attached hydrogens (tertiary/aromatic N) is 1. The normalized spacial score (nSPS) is 7.56. The third kappa shape index (κ3) is 2.50. The summed E-state index contributed by atoms with van der Waals surface area (Å²) in [5.74, 6) is -0.632. The van der Waals surface area contributed by atoms with E-state index in [1.165, 1.54) is 0 Å². The van der Waals surface area contributed by atoms with Gasteiger partial charge < -0.3 is 4.74 Å². The van der Waals surface area contributed by atoms with Gasteiger partial charge in [-0.3, -0.25) is 4.79 Å². The second-order valence-corrected chi connectivity index (χ2v) is 1.28. The first kappa shape index (κ1) is 7.70. The van der Waals surface area contributed by atoms with Crippen molar-refractivity contribution in [2.75, 3.05) is 6.61 Å². The van der Waals surface area contributed by atoms with E-state index in [-0.39, 0.29) is 12.3 Å². The molecule has 0 rings (SSSR count). The predicted molar refractivity (Wildman–Crippen MR) is 32.4 cm³/mol. The maximum atomic E-state index is 10.4. The lowest BCUT2D eigenvalue weighted by Gasteiger charge is -1.95. The number of hydrogen-bond acceptors (Lipinski definition) is 2. The van der Waals surface area contributed by atoms with Crippen molar-refractivity contribution in [3.63, 3.8) is 0 Å². The minimum Gasteiger partial charge on any atom is -0.471 e. The largest absolute Gasteiger partial charge is 0.471 e. The molecule has 0 aliphatic heterocycles. The molecule has 0 saturated heterocycles. The van der Waals surface area contributed by atoms with Crippen LogP contribution in [0, 0.1) is 6.57 Å². The molecule has 0 amide bonds. The van der Waals surface area contributed by atoms with Gasteiger partial charge in [0.05, 0.1) is 13.2 Å². The summed E-state index contributed by atoms with van der Waals surface area (Å²) >= 11 is 0. The molecule has 0 aromatic carbocycles. The summed E-state index contributed by atoms with van der Waals surface area (Å²) in [6.45, 7) is 11.5. The first-order valence-electron chi connectivity index (χ1n) is 2.45. The van der Waals surface area contributed by atoms with Crippen molar-refractivity contribution >= 4 is 5.97 Å². The first-order chi connectivity index (χ1) is 4.22. The third-order valence-electron chi connectivity index (χ3n) is 0.646. The molecule has 0 atom stereocenters. The number of carbonyl (C=O) groups excluding carboxylic acids is 1. The van der Waals surface area contributed by atoms with E-state index in [4.69, 9.17) is 6.57 Å². The van der Waals surface area contributed by atoms with Crippen molar-refractivity contribution < 1.29 is 9.53 Å². The van der Waals surface area contributed by atoms with Crippen LogP contribution in [0.3, 0.4) is 0 Å². The van der Waals surface area contributed by atoms with Gasteiger partial charge in [0.15, 0.2) is 0 Å². The lowest BCUT2D eigenvalue weighted by molar-refractivity contribution is -0.138. The van der Waals surface area contributed by atoms with E-state index < -0.39 is 5.97 Å². The third-order valence-corrected chi connectivity index (χ3v) is 0.646. The highest BCUT2D eigenvalue weighted by Gasteiger charge is 2.04. The van der Waals surface area contributed by atoms with Gasteiger partial charge in [0.1, 0.15) is 0 Å². The molecular weight excluding hydrogens is 118 g/mol. The summed E-state index contributed by atoms with van der Waals surface area (Å²) in [6.07, 6.45) is 0. The average molecular weight is 125 g/mol. The standard InChI is InChI=1S/C6H7NO2/c1-4-9-6(8)5(2)7-3/h2,4H2,1H3. The van der Waals surface area contributed by atoms with Crippen LogP contribution in [0.1, 0.15) is 6.92 Å². The molecule has 0 saturated carbocycles. The molecule has 3 nitrogen and oxygen atoms in total. The van der Waals surface area contributed by atoms with Crippen LogP contribution in [-0.4, -0.2) is 12.6 Å². The fourth-order valence-corrected chi connectivity index (χ4v) is 0.260. The highest BCUT2D eigenvalue weighted by atomic mass is 16.5. The quantitative estimate of drug-likeness (QED) is 0.313. The zero-order valence-electron chi connectivity index (χ0n) is 5.18. The monoisotopic (exact) mass is 125 g/mol. The van der Waals surface area contributed by atoms with Gasteiger partial charge in [-0.15, -0.1) is 0 Å². The minimum absolute atomic E-state index is 0.170. The van der Waals surface area contributed by atoms with Crippen molar-refractivity contribution in [2.24, 2.45) is 0 Å². The van der Waals surface area contributed by atoms with Crippen LogP contribution in [0.25, 0.3) is 4.85 Å². The van der Waals surface area contributed by atoms with Crippen molar-refractivity contribution in [3.05, 3.63) is 23.7 Å². The van der Waals surface area contributed by atoms with Crippen LogP contribution >= 0.6 is 0 Å². The number of rotatable bonds is 2. The van der Waals surface area contributed by atoms with E-state index >= 15 is 0 Å². The Morgan fingerprint density at radius 3 is 2.78 bits per heavy atom. The lowest BCUT2D eigenvalue weighted by Crippen LogP contribution is -2.03. The Morgan fingerprint density at radius 1 is 1.89 bits per heavy atom. The fourth-order valence-electron chi connectivity index (χ4n) is 0.260. The van der Waals surface area contributed by atoms with Gasteiger partial charge in [-0.1, -0.05) is 6.58 Å². The molecule has 0 aliphatic carbocycles. The summed E-state index contributed by atoms with van der Waals surface area (Å²) in [6, 6.07) is 0. The Hall–Kier alpha value is -1.30. The van der Waals surface area contributed by atoms with Crippen molar-refractivity contribution in [1.82, 2.24) is 0 Å². The molecule has 0 aromatic rings. The number of esters is 1. The molecule has 0 aliphatic rings. The lowest BCUT2D eigenvalue weighted by atomic mass is 10.5. The van der Waals surface area contributed by atoms with Gasteiger partial charge >= 0.3 is 5.97 Å². The summed E-state index contributed by atoms with van der Waals surface area (Å²) in [5.41, 5.74) is -0.170. The molecule has 0 aromatic heterocycles. The second kappa shape index (κ2) is 3.67. The van der Waals surface area contributed by atoms with E-state index in [9.17, 15) is 4.79 Å². The molecule has 0 N–H and O–H groups in total. The molecule has 3 heteroatoms. The van der Waals surface area contributed by atoms with Gasteiger partial charge in [0.2, 0.25) is 0 Å². The van der Waals surface area contributed by atoms with Crippen LogP contribution in [0.15, 0.2) is 12.3 Å². The zero-order chi connectivity index (χ0) is 7.28. The molecular formula is C6H7NO2. The molecule has 0 bridgehead atoms. The van der Waals surface area contributed by atoms with Gasteiger partial charge in [-0.05, 0) is 6.92 Å². The molecule has 0 radical (unpaired) electrons. The van der Waals surface area contributed by atoms with Crippen LogP contribution in [0.4, 0.5) is 0 Å². The van der Waals surface area contributed by atoms with Gasteiger partial charge in [-0.25, -0.2) is 4.85 Å². The van der Waals surface area contributed by atoms with E-state index in [0.717, 1.165) is 0 Å². The van der Waals surface area contributed by atoms with Crippen molar-refractivity contribution in [2.45, 2.75) is 6.92 Å². The summed E-state index contributed by atoms with van der Waals surface area (Å²) in [4.78, 5) is 13.2. The first-order valence-corrected chi connectivity index (χ1v) is 2.45. The highest BCUT2D eigenvalue weighted by molar-refractivity contribution is 5.89. The van der Waals surface area contributed by atoms with E-state index in [1.54, 1.807) is 6.92 Å². The maximum Gasteiger partial charge on any atom is 0.335 e. The Bertz CT molecular complexity index is 166. The Balaban J connectivity index is 3.78. The average Bonchev–Trinajstić information content (AvgIpc) is 1.87. The number of carbonyl (C=O) groups is 1. The molecule has 0 spiro atoms. The molecule has 9 heavy (non-hydrogen) atoms. The topological polar surface area (TPSA) is 30.7 Å². The maximum absolute atomic E-state index is 10.4. The smallest absolute Gasteiger partial charge is 0.335 e. The van der Waals surface area contributed by atoms with E-state index in [0.29, 0.717) is 0 Å². The van der Waals surface area contributed by atoms with Gasteiger partial charge in [0.25, 0.3) is 5.70 Å². The number of hydrogen-bond donors (Lipinski definition) is 0. The van der Waals surface area contributed by atoms with Crippen molar-refractivity contribution in [3.8, 4) is 0 Å². The predicted octanol–water partition coefficient (Wildman–Crippen LogP) is 0.982. The molecule has 0 unspecified atom stereocenters. The van der Waals surface area contributed by atoms with Crippen molar-refractivity contribution in [1.29, 1.82) is 0 Å². The zero-order valence-corrected chi connectivity index (χ0v) is 5.18. The van der Waals surface area contributed by atoms with Gasteiger partial charge in [-0.2, -0.15) is 0 Å². The molecule has 48 valence electrons. The summed E-state index contributed by atoms with van der Waals surface area (Å²) in [7, 11) is 0. The van der Waals surface area contributed by atoms with Crippen LogP contribution in [-0.2, 0) is 9.53 Å². The van der Waals surface area contributed by atoms with Crippen LogP contribution in [0.5, 0.6) is 0 Å². The Kier molecular flexibility index (Phi) is 3.14. The molecule has 0 fully saturated rings. The van der Waals surface area contributed by atoms with E-state index in [1.807, 2.05) is 0 Å². The number of ether oxygens (including phenoxy) is 1. The SMILES string of the molecule is [C-]#[N+]C(=C)C(=O)OCC. The second-order valence-electron chi connectivity index (χ2n) is 1.28. The highest BCUT2D eigenvalue weighted by Crippen LogP contribution is 1.93. The fraction of sp³-hybridized carbons (Fsp3) is 0.333.